The monoisotopic (exact) mass is 324 g/mol. The van der Waals surface area contributed by atoms with Gasteiger partial charge in [0.2, 0.25) is 0 Å². The van der Waals surface area contributed by atoms with Gasteiger partial charge in [-0.05, 0) is 31.2 Å². The van der Waals surface area contributed by atoms with Gasteiger partial charge in [-0.2, -0.15) is 0 Å². The number of aromatic nitrogens is 3. The van der Waals surface area contributed by atoms with Crippen LogP contribution in [-0.2, 0) is 0 Å². The molecule has 24 heavy (non-hydrogen) atoms. The quantitative estimate of drug-likeness (QED) is 0.695. The highest BCUT2D eigenvalue weighted by Crippen LogP contribution is 2.26. The molecule has 0 aliphatic rings. The molecule has 6 nitrogen and oxygen atoms in total. The van der Waals surface area contributed by atoms with E-state index in [4.69, 9.17) is 9.47 Å². The number of benzene rings is 1. The SMILES string of the molecule is COc1ccccc1OCCN(C)c1ncnc2ccc(C)nc12. The van der Waals surface area contributed by atoms with Gasteiger partial charge in [-0.1, -0.05) is 12.1 Å². The fraction of sp³-hybridized carbons (Fsp3) is 0.278. The third kappa shape index (κ3) is 3.37. The van der Waals surface area contributed by atoms with E-state index in [1.54, 1.807) is 13.4 Å². The van der Waals surface area contributed by atoms with E-state index in [9.17, 15) is 0 Å². The Hall–Kier alpha value is -2.89. The first-order valence-corrected chi connectivity index (χ1v) is 7.74. The Morgan fingerprint density at radius 3 is 2.62 bits per heavy atom. The van der Waals surface area contributed by atoms with Gasteiger partial charge in [0.05, 0.1) is 19.2 Å². The predicted molar refractivity (Wildman–Crippen MR) is 93.8 cm³/mol. The van der Waals surface area contributed by atoms with Gasteiger partial charge in [0, 0.05) is 12.7 Å². The zero-order valence-electron chi connectivity index (χ0n) is 14.1. The third-order valence-electron chi connectivity index (χ3n) is 3.72. The molecule has 0 bridgehead atoms. The minimum absolute atomic E-state index is 0.508. The summed E-state index contributed by atoms with van der Waals surface area (Å²) in [5.74, 6) is 2.26. The number of aryl methyl sites for hydroxylation is 1. The maximum Gasteiger partial charge on any atom is 0.161 e. The molecule has 0 spiro atoms. The molecule has 2 heterocycles. The van der Waals surface area contributed by atoms with Gasteiger partial charge in [-0.3, -0.25) is 0 Å². The molecule has 0 saturated heterocycles. The zero-order chi connectivity index (χ0) is 16.9. The number of likely N-dealkylation sites (N-methyl/N-ethyl adjacent to an activating group) is 1. The van der Waals surface area contributed by atoms with Crippen LogP contribution in [0.3, 0.4) is 0 Å². The molecule has 0 atom stereocenters. The highest BCUT2D eigenvalue weighted by atomic mass is 16.5. The maximum atomic E-state index is 5.83. The molecule has 3 aromatic rings. The van der Waals surface area contributed by atoms with E-state index >= 15 is 0 Å². The van der Waals surface area contributed by atoms with Crippen LogP contribution in [0.2, 0.25) is 0 Å². The molecule has 1 aromatic carbocycles. The van der Waals surface area contributed by atoms with E-state index in [-0.39, 0.29) is 0 Å². The number of hydrogen-bond donors (Lipinski definition) is 0. The summed E-state index contributed by atoms with van der Waals surface area (Å²) in [7, 11) is 3.60. The fourth-order valence-corrected chi connectivity index (χ4v) is 2.44. The van der Waals surface area contributed by atoms with Crippen molar-refractivity contribution < 1.29 is 9.47 Å². The molecule has 0 aliphatic heterocycles. The van der Waals surface area contributed by atoms with Crippen LogP contribution >= 0.6 is 0 Å². The second-order valence-corrected chi connectivity index (χ2v) is 5.44. The van der Waals surface area contributed by atoms with E-state index in [0.717, 1.165) is 34.0 Å². The first kappa shape index (κ1) is 16.0. The summed E-state index contributed by atoms with van der Waals surface area (Å²) in [4.78, 5) is 15.2. The lowest BCUT2D eigenvalue weighted by molar-refractivity contribution is 0.301. The largest absolute Gasteiger partial charge is 0.493 e. The summed E-state index contributed by atoms with van der Waals surface area (Å²) in [6, 6.07) is 11.5. The molecule has 0 radical (unpaired) electrons. The van der Waals surface area contributed by atoms with Crippen molar-refractivity contribution >= 4 is 16.9 Å². The van der Waals surface area contributed by atoms with Crippen LogP contribution < -0.4 is 14.4 Å². The lowest BCUT2D eigenvalue weighted by Gasteiger charge is -2.19. The van der Waals surface area contributed by atoms with Crippen LogP contribution in [0, 0.1) is 6.92 Å². The van der Waals surface area contributed by atoms with Gasteiger partial charge in [-0.15, -0.1) is 0 Å². The number of rotatable bonds is 6. The van der Waals surface area contributed by atoms with Crippen LogP contribution in [-0.4, -0.2) is 42.3 Å². The van der Waals surface area contributed by atoms with Crippen LogP contribution in [0.1, 0.15) is 5.69 Å². The standard InChI is InChI=1S/C18H20N4O2/c1-13-8-9-14-17(21-13)18(20-12-19-14)22(2)10-11-24-16-7-5-4-6-15(16)23-3/h4-9,12H,10-11H2,1-3H3. The van der Waals surface area contributed by atoms with Crippen molar-refractivity contribution in [2.75, 3.05) is 32.2 Å². The average molecular weight is 324 g/mol. The summed E-state index contributed by atoms with van der Waals surface area (Å²) < 4.78 is 11.1. The van der Waals surface area contributed by atoms with E-state index < -0.39 is 0 Å². The first-order chi connectivity index (χ1) is 11.7. The summed E-state index contributed by atoms with van der Waals surface area (Å²) in [6.45, 7) is 3.13. The number of pyridine rings is 1. The van der Waals surface area contributed by atoms with Gasteiger partial charge in [0.25, 0.3) is 0 Å². The van der Waals surface area contributed by atoms with Crippen molar-refractivity contribution in [1.29, 1.82) is 0 Å². The molecule has 124 valence electrons. The summed E-state index contributed by atoms with van der Waals surface area (Å²) in [5, 5.41) is 0. The Bertz CT molecular complexity index is 838. The highest BCUT2D eigenvalue weighted by Gasteiger charge is 2.11. The normalized spacial score (nSPS) is 10.6. The van der Waals surface area contributed by atoms with Gasteiger partial charge in [0.15, 0.2) is 17.3 Å². The smallest absolute Gasteiger partial charge is 0.161 e. The molecular formula is C18H20N4O2. The minimum atomic E-state index is 0.508. The van der Waals surface area contributed by atoms with Crippen LogP contribution in [0.15, 0.2) is 42.7 Å². The fourth-order valence-electron chi connectivity index (χ4n) is 2.44. The molecule has 2 aromatic heterocycles. The second kappa shape index (κ2) is 7.12. The molecule has 0 saturated carbocycles. The van der Waals surface area contributed by atoms with Gasteiger partial charge < -0.3 is 14.4 Å². The number of hydrogen-bond acceptors (Lipinski definition) is 6. The maximum absolute atomic E-state index is 5.83. The van der Waals surface area contributed by atoms with Crippen molar-refractivity contribution in [2.45, 2.75) is 6.92 Å². The predicted octanol–water partition coefficient (Wildman–Crippen LogP) is 2.86. The van der Waals surface area contributed by atoms with Crippen LogP contribution in [0.25, 0.3) is 11.0 Å². The number of ether oxygens (including phenoxy) is 2. The zero-order valence-corrected chi connectivity index (χ0v) is 14.1. The van der Waals surface area contributed by atoms with E-state index in [2.05, 4.69) is 15.0 Å². The highest BCUT2D eigenvalue weighted by molar-refractivity contribution is 5.85. The van der Waals surface area contributed by atoms with Gasteiger partial charge in [-0.25, -0.2) is 15.0 Å². The van der Waals surface area contributed by atoms with Crippen molar-refractivity contribution in [2.24, 2.45) is 0 Å². The van der Waals surface area contributed by atoms with Crippen molar-refractivity contribution in [1.82, 2.24) is 15.0 Å². The Morgan fingerprint density at radius 2 is 1.83 bits per heavy atom. The van der Waals surface area contributed by atoms with E-state index in [1.165, 1.54) is 0 Å². The third-order valence-corrected chi connectivity index (χ3v) is 3.72. The molecule has 6 heteroatoms. The summed E-state index contributed by atoms with van der Waals surface area (Å²) in [5.41, 5.74) is 2.58. The molecule has 0 N–H and O–H groups in total. The van der Waals surface area contributed by atoms with E-state index in [0.29, 0.717) is 13.2 Å². The first-order valence-electron chi connectivity index (χ1n) is 7.74. The summed E-state index contributed by atoms with van der Waals surface area (Å²) in [6.07, 6.45) is 1.56. The number of para-hydroxylation sites is 2. The summed E-state index contributed by atoms with van der Waals surface area (Å²) >= 11 is 0. The Kier molecular flexibility index (Phi) is 4.74. The topological polar surface area (TPSA) is 60.4 Å². The molecule has 0 unspecified atom stereocenters. The molecule has 0 amide bonds. The van der Waals surface area contributed by atoms with Crippen LogP contribution in [0.4, 0.5) is 5.82 Å². The molecule has 0 fully saturated rings. The van der Waals surface area contributed by atoms with Gasteiger partial charge in [0.1, 0.15) is 18.5 Å². The average Bonchev–Trinajstić information content (AvgIpc) is 2.61. The molecule has 0 aliphatic carbocycles. The van der Waals surface area contributed by atoms with E-state index in [1.807, 2.05) is 55.3 Å². The Labute approximate surface area is 141 Å². The Morgan fingerprint density at radius 1 is 1.04 bits per heavy atom. The van der Waals surface area contributed by atoms with Crippen molar-refractivity contribution in [3.05, 3.63) is 48.4 Å². The van der Waals surface area contributed by atoms with Gasteiger partial charge >= 0.3 is 0 Å². The number of nitrogens with zero attached hydrogens (tertiary/aromatic N) is 4. The number of fused-ring (bicyclic) bond motifs is 1. The second-order valence-electron chi connectivity index (χ2n) is 5.44. The lowest BCUT2D eigenvalue weighted by Crippen LogP contribution is -2.25. The lowest BCUT2D eigenvalue weighted by atomic mass is 10.3. The molecule has 3 rings (SSSR count). The Balaban J connectivity index is 1.71. The number of methoxy groups -OCH3 is 1. The van der Waals surface area contributed by atoms with Crippen LogP contribution in [0.5, 0.6) is 11.5 Å². The minimum Gasteiger partial charge on any atom is -0.493 e. The van der Waals surface area contributed by atoms with Crippen molar-refractivity contribution in [3.8, 4) is 11.5 Å². The number of anilines is 1. The van der Waals surface area contributed by atoms with Crippen molar-refractivity contribution in [3.63, 3.8) is 0 Å². The molecular weight excluding hydrogens is 304 g/mol.